The molecular formula is C15H18N4OS. The number of carbonyl (C=O) groups excluding carboxylic acids is 1. The number of amides is 2. The molecule has 0 aliphatic carbocycles. The van der Waals surface area contributed by atoms with Crippen LogP contribution in [0.2, 0.25) is 0 Å². The van der Waals surface area contributed by atoms with Crippen LogP contribution >= 0.6 is 11.8 Å². The molecule has 110 valence electrons. The van der Waals surface area contributed by atoms with Gasteiger partial charge in [-0.25, -0.2) is 9.78 Å². The van der Waals surface area contributed by atoms with E-state index in [1.165, 1.54) is 10.5 Å². The average Bonchev–Trinajstić information content (AvgIpc) is 3.01. The summed E-state index contributed by atoms with van der Waals surface area (Å²) in [7, 11) is 0. The highest BCUT2D eigenvalue weighted by Gasteiger charge is 2.21. The number of fused-ring (bicyclic) bond motifs is 1. The number of hydrogen-bond acceptors (Lipinski definition) is 3. The lowest BCUT2D eigenvalue weighted by molar-refractivity contribution is 0.236. The number of imidazole rings is 1. The van der Waals surface area contributed by atoms with E-state index in [9.17, 15) is 4.79 Å². The van der Waals surface area contributed by atoms with E-state index in [-0.39, 0.29) is 12.1 Å². The molecule has 0 radical (unpaired) electrons. The number of rotatable bonds is 4. The highest BCUT2D eigenvalue weighted by atomic mass is 32.2. The fourth-order valence-electron chi connectivity index (χ4n) is 2.42. The standard InChI is InChI=1S/C15H18N4OS/c20-15(17-7-9-19-8-6-16-11-19)18-13-5-10-21-14-4-2-1-3-12(13)14/h1-4,6,8,11,13H,5,7,9-10H2,(H2,17,18,20)/t13-/m1/s1. The number of carbonyl (C=O) groups is 1. The van der Waals surface area contributed by atoms with Gasteiger partial charge in [0.15, 0.2) is 0 Å². The van der Waals surface area contributed by atoms with E-state index in [4.69, 9.17) is 0 Å². The minimum Gasteiger partial charge on any atom is -0.336 e. The number of thioether (sulfide) groups is 1. The SMILES string of the molecule is O=C(NCCn1ccnc1)N[C@@H]1CCSc2ccccc21. The van der Waals surface area contributed by atoms with Gasteiger partial charge in [0.1, 0.15) is 0 Å². The molecule has 0 bridgehead atoms. The first kappa shape index (κ1) is 14.0. The van der Waals surface area contributed by atoms with Crippen molar-refractivity contribution >= 4 is 17.8 Å². The van der Waals surface area contributed by atoms with Crippen molar-refractivity contribution in [3.63, 3.8) is 0 Å². The number of urea groups is 1. The van der Waals surface area contributed by atoms with Crippen LogP contribution in [0.25, 0.3) is 0 Å². The van der Waals surface area contributed by atoms with Crippen molar-refractivity contribution in [2.24, 2.45) is 0 Å². The molecule has 2 heterocycles. The van der Waals surface area contributed by atoms with E-state index in [2.05, 4.69) is 27.8 Å². The largest absolute Gasteiger partial charge is 0.336 e. The predicted molar refractivity (Wildman–Crippen MR) is 83.3 cm³/mol. The molecule has 2 N–H and O–H groups in total. The Morgan fingerprint density at radius 2 is 2.33 bits per heavy atom. The summed E-state index contributed by atoms with van der Waals surface area (Å²) in [6.07, 6.45) is 6.33. The second kappa shape index (κ2) is 6.67. The molecule has 0 saturated heterocycles. The van der Waals surface area contributed by atoms with Crippen molar-refractivity contribution in [2.75, 3.05) is 12.3 Å². The zero-order valence-corrected chi connectivity index (χ0v) is 12.5. The number of benzene rings is 1. The topological polar surface area (TPSA) is 59.0 Å². The fourth-order valence-corrected chi connectivity index (χ4v) is 3.54. The molecule has 21 heavy (non-hydrogen) atoms. The van der Waals surface area contributed by atoms with Crippen molar-refractivity contribution in [2.45, 2.75) is 23.9 Å². The van der Waals surface area contributed by atoms with Crippen LogP contribution in [0, 0.1) is 0 Å². The first-order chi connectivity index (χ1) is 10.3. The van der Waals surface area contributed by atoms with Gasteiger partial charge in [0.05, 0.1) is 12.4 Å². The van der Waals surface area contributed by atoms with Crippen molar-refractivity contribution in [3.05, 3.63) is 48.5 Å². The Morgan fingerprint density at radius 3 is 3.19 bits per heavy atom. The maximum atomic E-state index is 12.0. The summed E-state index contributed by atoms with van der Waals surface area (Å²) in [6, 6.07) is 8.27. The van der Waals surface area contributed by atoms with Crippen molar-refractivity contribution < 1.29 is 4.79 Å². The molecule has 0 saturated carbocycles. The van der Waals surface area contributed by atoms with Crippen LogP contribution in [0.1, 0.15) is 18.0 Å². The second-order valence-electron chi connectivity index (χ2n) is 4.93. The third-order valence-electron chi connectivity index (χ3n) is 3.48. The first-order valence-corrected chi connectivity index (χ1v) is 8.03. The van der Waals surface area contributed by atoms with Gasteiger partial charge in [-0.2, -0.15) is 0 Å². The van der Waals surface area contributed by atoms with E-state index in [0.29, 0.717) is 6.54 Å². The summed E-state index contributed by atoms with van der Waals surface area (Å²) in [5.74, 6) is 1.04. The molecule has 1 aromatic carbocycles. The lowest BCUT2D eigenvalue weighted by Crippen LogP contribution is -2.40. The van der Waals surface area contributed by atoms with Gasteiger partial charge in [-0.15, -0.1) is 11.8 Å². The summed E-state index contributed by atoms with van der Waals surface area (Å²) in [5.41, 5.74) is 1.22. The van der Waals surface area contributed by atoms with Gasteiger partial charge < -0.3 is 15.2 Å². The van der Waals surface area contributed by atoms with E-state index < -0.39 is 0 Å². The molecule has 1 atom stereocenters. The lowest BCUT2D eigenvalue weighted by Gasteiger charge is -2.25. The van der Waals surface area contributed by atoms with Gasteiger partial charge in [0.2, 0.25) is 0 Å². The number of aromatic nitrogens is 2. The molecule has 3 rings (SSSR count). The number of hydrogen-bond donors (Lipinski definition) is 2. The van der Waals surface area contributed by atoms with Crippen LogP contribution < -0.4 is 10.6 Å². The first-order valence-electron chi connectivity index (χ1n) is 7.05. The predicted octanol–water partition coefficient (Wildman–Crippen LogP) is 2.42. The average molecular weight is 302 g/mol. The Balaban J connectivity index is 1.51. The van der Waals surface area contributed by atoms with E-state index in [1.807, 2.05) is 34.7 Å². The third kappa shape index (κ3) is 3.58. The summed E-state index contributed by atoms with van der Waals surface area (Å²) in [5, 5.41) is 5.96. The van der Waals surface area contributed by atoms with Crippen LogP contribution in [-0.4, -0.2) is 27.9 Å². The Hall–Kier alpha value is -1.95. The van der Waals surface area contributed by atoms with Crippen LogP contribution in [-0.2, 0) is 6.54 Å². The maximum Gasteiger partial charge on any atom is 0.315 e. The molecule has 1 aromatic heterocycles. The van der Waals surface area contributed by atoms with Crippen molar-refractivity contribution in [1.82, 2.24) is 20.2 Å². The van der Waals surface area contributed by atoms with Gasteiger partial charge >= 0.3 is 6.03 Å². The quantitative estimate of drug-likeness (QED) is 0.912. The highest BCUT2D eigenvalue weighted by Crippen LogP contribution is 2.35. The van der Waals surface area contributed by atoms with E-state index >= 15 is 0 Å². The van der Waals surface area contributed by atoms with Crippen molar-refractivity contribution in [3.8, 4) is 0 Å². The molecular weight excluding hydrogens is 284 g/mol. The maximum absolute atomic E-state index is 12.0. The van der Waals surface area contributed by atoms with Crippen LogP contribution in [0.4, 0.5) is 4.79 Å². The molecule has 2 amide bonds. The Morgan fingerprint density at radius 1 is 1.43 bits per heavy atom. The molecule has 2 aromatic rings. The smallest absolute Gasteiger partial charge is 0.315 e. The Kier molecular flexibility index (Phi) is 4.45. The number of nitrogens with zero attached hydrogens (tertiary/aromatic N) is 2. The lowest BCUT2D eigenvalue weighted by atomic mass is 10.0. The minimum absolute atomic E-state index is 0.107. The monoisotopic (exact) mass is 302 g/mol. The normalized spacial score (nSPS) is 17.0. The summed E-state index contributed by atoms with van der Waals surface area (Å²) >= 11 is 1.85. The highest BCUT2D eigenvalue weighted by molar-refractivity contribution is 7.99. The Labute approximate surface area is 128 Å². The van der Waals surface area contributed by atoms with Crippen LogP contribution in [0.3, 0.4) is 0 Å². The molecule has 6 heteroatoms. The number of nitrogens with one attached hydrogen (secondary N) is 2. The zero-order chi connectivity index (χ0) is 14.5. The Bertz CT molecular complexity index is 599. The van der Waals surface area contributed by atoms with Gasteiger partial charge in [0, 0.05) is 36.1 Å². The molecule has 1 aliphatic heterocycles. The molecule has 1 aliphatic rings. The van der Waals surface area contributed by atoms with Gasteiger partial charge in [0.25, 0.3) is 0 Å². The third-order valence-corrected chi connectivity index (χ3v) is 4.60. The van der Waals surface area contributed by atoms with Gasteiger partial charge in [-0.1, -0.05) is 18.2 Å². The molecule has 0 spiro atoms. The van der Waals surface area contributed by atoms with Crippen LogP contribution in [0.5, 0.6) is 0 Å². The van der Waals surface area contributed by atoms with E-state index in [1.54, 1.807) is 12.5 Å². The van der Waals surface area contributed by atoms with Gasteiger partial charge in [-0.3, -0.25) is 0 Å². The van der Waals surface area contributed by atoms with E-state index in [0.717, 1.165) is 18.7 Å². The van der Waals surface area contributed by atoms with Crippen LogP contribution in [0.15, 0.2) is 47.9 Å². The zero-order valence-electron chi connectivity index (χ0n) is 11.7. The van der Waals surface area contributed by atoms with Crippen molar-refractivity contribution in [1.29, 1.82) is 0 Å². The summed E-state index contributed by atoms with van der Waals surface area (Å²) < 4.78 is 1.94. The fraction of sp³-hybridized carbons (Fsp3) is 0.333. The van der Waals surface area contributed by atoms with Gasteiger partial charge in [-0.05, 0) is 18.1 Å². The molecule has 0 fully saturated rings. The summed E-state index contributed by atoms with van der Waals surface area (Å²) in [6.45, 7) is 1.32. The summed E-state index contributed by atoms with van der Waals surface area (Å²) in [4.78, 5) is 17.2. The minimum atomic E-state index is -0.109. The molecule has 5 nitrogen and oxygen atoms in total. The molecule has 0 unspecified atom stereocenters. The second-order valence-corrected chi connectivity index (χ2v) is 6.07.